The Labute approximate surface area is 118 Å². The third-order valence-electron chi connectivity index (χ3n) is 5.58. The van der Waals surface area contributed by atoms with Crippen molar-refractivity contribution in [1.29, 1.82) is 0 Å². The molecule has 3 rings (SSSR count). The van der Waals surface area contributed by atoms with Gasteiger partial charge >= 0.3 is 0 Å². The van der Waals surface area contributed by atoms with Crippen molar-refractivity contribution in [1.82, 2.24) is 0 Å². The van der Waals surface area contributed by atoms with Gasteiger partial charge in [-0.3, -0.25) is 0 Å². The maximum Gasteiger partial charge on any atom is -0.00204 e. The van der Waals surface area contributed by atoms with Crippen molar-refractivity contribution in [2.24, 2.45) is 11.8 Å². The fourth-order valence-corrected chi connectivity index (χ4v) is 4.19. The van der Waals surface area contributed by atoms with Crippen molar-refractivity contribution in [2.45, 2.75) is 70.6 Å². The van der Waals surface area contributed by atoms with Gasteiger partial charge in [-0.2, -0.15) is 0 Å². The van der Waals surface area contributed by atoms with Crippen LogP contribution in [0.1, 0.15) is 70.9 Å². The molecule has 0 nitrogen and oxygen atoms in total. The van der Waals surface area contributed by atoms with E-state index >= 15 is 0 Å². The molecular formula is C19H28. The molecule has 2 aliphatic rings. The lowest BCUT2D eigenvalue weighted by molar-refractivity contribution is 0.451. The second-order valence-corrected chi connectivity index (χ2v) is 7.73. The fourth-order valence-electron chi connectivity index (χ4n) is 4.19. The molecular weight excluding hydrogens is 228 g/mol. The summed E-state index contributed by atoms with van der Waals surface area (Å²) in [6.45, 7) is 9.56. The van der Waals surface area contributed by atoms with E-state index in [1.165, 1.54) is 32.1 Å². The van der Waals surface area contributed by atoms with Gasteiger partial charge in [0, 0.05) is 0 Å². The van der Waals surface area contributed by atoms with E-state index in [9.17, 15) is 0 Å². The Bertz CT molecular complexity index is 459. The molecule has 0 radical (unpaired) electrons. The van der Waals surface area contributed by atoms with Crippen molar-refractivity contribution in [3.05, 3.63) is 35.4 Å². The highest BCUT2D eigenvalue weighted by Gasteiger charge is 2.52. The average Bonchev–Trinajstić information content (AvgIpc) is 3.23. The van der Waals surface area contributed by atoms with E-state index in [0.717, 1.165) is 11.8 Å². The SMILES string of the molecule is CC(C)CC1(c2ccccc2C2(C(C)C)CC2)CC1. The molecule has 0 bridgehead atoms. The highest BCUT2D eigenvalue weighted by Crippen LogP contribution is 2.60. The quantitative estimate of drug-likeness (QED) is 0.657. The van der Waals surface area contributed by atoms with Crippen LogP contribution in [0.3, 0.4) is 0 Å². The largest absolute Gasteiger partial charge is 0.0627 e. The summed E-state index contributed by atoms with van der Waals surface area (Å²) in [4.78, 5) is 0. The zero-order valence-corrected chi connectivity index (χ0v) is 13.0. The van der Waals surface area contributed by atoms with Gasteiger partial charge in [0.05, 0.1) is 0 Å². The van der Waals surface area contributed by atoms with Gasteiger partial charge in [-0.05, 0) is 65.9 Å². The zero-order chi connectivity index (χ0) is 13.7. The van der Waals surface area contributed by atoms with Gasteiger partial charge in [-0.25, -0.2) is 0 Å². The van der Waals surface area contributed by atoms with E-state index in [0.29, 0.717) is 10.8 Å². The lowest BCUT2D eigenvalue weighted by Gasteiger charge is -2.28. The molecule has 1 aromatic carbocycles. The topological polar surface area (TPSA) is 0 Å². The Morgan fingerprint density at radius 2 is 1.47 bits per heavy atom. The van der Waals surface area contributed by atoms with E-state index in [2.05, 4.69) is 52.0 Å². The van der Waals surface area contributed by atoms with Gasteiger partial charge in [0.15, 0.2) is 0 Å². The fraction of sp³-hybridized carbons (Fsp3) is 0.684. The molecule has 0 unspecified atom stereocenters. The monoisotopic (exact) mass is 256 g/mol. The molecule has 104 valence electrons. The van der Waals surface area contributed by atoms with Crippen LogP contribution in [-0.4, -0.2) is 0 Å². The van der Waals surface area contributed by atoms with Gasteiger partial charge < -0.3 is 0 Å². The Morgan fingerprint density at radius 1 is 0.895 bits per heavy atom. The van der Waals surface area contributed by atoms with Crippen LogP contribution >= 0.6 is 0 Å². The molecule has 0 saturated heterocycles. The predicted octanol–water partition coefficient (Wildman–Crippen LogP) is 5.45. The first-order chi connectivity index (χ1) is 9.00. The second kappa shape index (κ2) is 4.36. The maximum atomic E-state index is 2.44. The first-order valence-electron chi connectivity index (χ1n) is 8.10. The molecule has 0 atom stereocenters. The summed E-state index contributed by atoms with van der Waals surface area (Å²) in [6, 6.07) is 9.39. The van der Waals surface area contributed by atoms with Gasteiger partial charge in [-0.15, -0.1) is 0 Å². The Morgan fingerprint density at radius 3 is 1.89 bits per heavy atom. The molecule has 0 N–H and O–H groups in total. The van der Waals surface area contributed by atoms with Crippen molar-refractivity contribution >= 4 is 0 Å². The molecule has 1 aromatic rings. The van der Waals surface area contributed by atoms with E-state index in [-0.39, 0.29) is 0 Å². The second-order valence-electron chi connectivity index (χ2n) is 7.73. The van der Waals surface area contributed by atoms with Gasteiger partial charge in [0.1, 0.15) is 0 Å². The molecule has 2 fully saturated rings. The van der Waals surface area contributed by atoms with Crippen molar-refractivity contribution in [3.63, 3.8) is 0 Å². The minimum atomic E-state index is 0.517. The van der Waals surface area contributed by atoms with Crippen LogP contribution in [0.15, 0.2) is 24.3 Å². The van der Waals surface area contributed by atoms with Gasteiger partial charge in [0.25, 0.3) is 0 Å². The Kier molecular flexibility index (Phi) is 3.04. The normalized spacial score (nSPS) is 22.8. The van der Waals surface area contributed by atoms with Gasteiger partial charge in [-0.1, -0.05) is 52.0 Å². The van der Waals surface area contributed by atoms with Crippen LogP contribution in [0.5, 0.6) is 0 Å². The minimum Gasteiger partial charge on any atom is -0.0627 e. The van der Waals surface area contributed by atoms with Crippen LogP contribution in [-0.2, 0) is 10.8 Å². The van der Waals surface area contributed by atoms with E-state index in [1.807, 2.05) is 0 Å². The molecule has 0 aliphatic heterocycles. The number of rotatable bonds is 5. The summed E-state index contributed by atoms with van der Waals surface area (Å²) in [5.74, 6) is 1.59. The third-order valence-corrected chi connectivity index (χ3v) is 5.58. The lowest BCUT2D eigenvalue weighted by atomic mass is 9.76. The highest BCUT2D eigenvalue weighted by molar-refractivity contribution is 5.46. The number of hydrogen-bond acceptors (Lipinski definition) is 0. The van der Waals surface area contributed by atoms with E-state index in [4.69, 9.17) is 0 Å². The first kappa shape index (κ1) is 13.2. The molecule has 0 amide bonds. The summed E-state index contributed by atoms with van der Waals surface area (Å²) in [5.41, 5.74) is 4.45. The van der Waals surface area contributed by atoms with E-state index in [1.54, 1.807) is 11.1 Å². The lowest BCUT2D eigenvalue weighted by Crippen LogP contribution is -2.21. The molecule has 0 heterocycles. The van der Waals surface area contributed by atoms with E-state index < -0.39 is 0 Å². The summed E-state index contributed by atoms with van der Waals surface area (Å²) < 4.78 is 0. The molecule has 2 saturated carbocycles. The number of hydrogen-bond donors (Lipinski definition) is 0. The summed E-state index contributed by atoms with van der Waals surface area (Å²) in [7, 11) is 0. The standard InChI is InChI=1S/C19H28/c1-14(2)13-18(9-10-18)16-7-5-6-8-17(16)19(11-12-19)15(3)4/h5-8,14-15H,9-13H2,1-4H3. The molecule has 0 spiro atoms. The summed E-state index contributed by atoms with van der Waals surface area (Å²) >= 11 is 0. The highest BCUT2D eigenvalue weighted by atomic mass is 14.6. The third kappa shape index (κ3) is 2.14. The van der Waals surface area contributed by atoms with Crippen LogP contribution in [0.4, 0.5) is 0 Å². The van der Waals surface area contributed by atoms with Crippen LogP contribution < -0.4 is 0 Å². The van der Waals surface area contributed by atoms with Gasteiger partial charge in [0.2, 0.25) is 0 Å². The van der Waals surface area contributed by atoms with Crippen LogP contribution in [0, 0.1) is 11.8 Å². The smallest absolute Gasteiger partial charge is 0.00204 e. The molecule has 0 heteroatoms. The van der Waals surface area contributed by atoms with Crippen molar-refractivity contribution < 1.29 is 0 Å². The Hall–Kier alpha value is -0.780. The molecule has 0 aromatic heterocycles. The van der Waals surface area contributed by atoms with Crippen molar-refractivity contribution in [3.8, 4) is 0 Å². The van der Waals surface area contributed by atoms with Crippen molar-refractivity contribution in [2.75, 3.05) is 0 Å². The average molecular weight is 256 g/mol. The summed E-state index contributed by atoms with van der Waals surface area (Å²) in [6.07, 6.45) is 7.00. The number of benzene rings is 1. The van der Waals surface area contributed by atoms with Crippen LogP contribution in [0.2, 0.25) is 0 Å². The molecule has 19 heavy (non-hydrogen) atoms. The summed E-state index contributed by atoms with van der Waals surface area (Å²) in [5, 5.41) is 0. The first-order valence-corrected chi connectivity index (χ1v) is 8.10. The maximum absolute atomic E-state index is 2.44. The predicted molar refractivity (Wildman–Crippen MR) is 82.6 cm³/mol. The Balaban J connectivity index is 2.00. The zero-order valence-electron chi connectivity index (χ0n) is 13.0. The minimum absolute atomic E-state index is 0.517. The van der Waals surface area contributed by atoms with Crippen LogP contribution in [0.25, 0.3) is 0 Å². The molecule has 2 aliphatic carbocycles.